The van der Waals surface area contributed by atoms with Crippen LogP contribution < -0.4 is 5.32 Å². The molecule has 2 heterocycles. The van der Waals surface area contributed by atoms with Gasteiger partial charge in [0.25, 0.3) is 5.91 Å². The molecule has 1 aliphatic heterocycles. The van der Waals surface area contributed by atoms with Crippen LogP contribution in [-0.2, 0) is 11.3 Å². The van der Waals surface area contributed by atoms with Gasteiger partial charge in [0, 0.05) is 36.8 Å². The molecular weight excluding hydrogens is 300 g/mol. The Morgan fingerprint density at radius 1 is 1.72 bits per heavy atom. The SMILES string of the molecule is CCn1cc(Br)cc1C(=O)NCC1(O)CCOC1. The largest absolute Gasteiger partial charge is 0.386 e. The van der Waals surface area contributed by atoms with Crippen LogP contribution in [0.2, 0.25) is 0 Å². The van der Waals surface area contributed by atoms with Crippen LogP contribution in [-0.4, -0.2) is 40.9 Å². The Hall–Kier alpha value is -0.850. The minimum absolute atomic E-state index is 0.178. The van der Waals surface area contributed by atoms with Crippen molar-refractivity contribution in [2.75, 3.05) is 19.8 Å². The number of ether oxygens (including phenoxy) is 1. The predicted octanol–water partition coefficient (Wildman–Crippen LogP) is 1.15. The van der Waals surface area contributed by atoms with Crippen LogP contribution in [0.1, 0.15) is 23.8 Å². The molecule has 6 heteroatoms. The molecule has 1 aliphatic rings. The molecule has 0 spiro atoms. The number of hydrogen-bond donors (Lipinski definition) is 2. The van der Waals surface area contributed by atoms with E-state index in [4.69, 9.17) is 4.74 Å². The molecule has 0 radical (unpaired) electrons. The quantitative estimate of drug-likeness (QED) is 0.876. The fraction of sp³-hybridized carbons (Fsp3) is 0.583. The Kier molecular flexibility index (Phi) is 4.09. The molecule has 1 aromatic rings. The molecule has 2 N–H and O–H groups in total. The van der Waals surface area contributed by atoms with Gasteiger partial charge in [-0.05, 0) is 28.9 Å². The summed E-state index contributed by atoms with van der Waals surface area (Å²) in [6.45, 7) is 3.75. The maximum Gasteiger partial charge on any atom is 0.268 e. The van der Waals surface area contributed by atoms with Crippen LogP contribution in [0, 0.1) is 0 Å². The predicted molar refractivity (Wildman–Crippen MR) is 70.5 cm³/mol. The number of carbonyl (C=O) groups is 1. The summed E-state index contributed by atoms with van der Waals surface area (Å²) in [6.07, 6.45) is 2.42. The highest BCUT2D eigenvalue weighted by Crippen LogP contribution is 2.18. The van der Waals surface area contributed by atoms with E-state index in [2.05, 4.69) is 21.2 Å². The number of nitrogens with zero attached hydrogens (tertiary/aromatic N) is 1. The number of carbonyl (C=O) groups excluding carboxylic acids is 1. The number of halogens is 1. The van der Waals surface area contributed by atoms with E-state index >= 15 is 0 Å². The Morgan fingerprint density at radius 2 is 2.50 bits per heavy atom. The highest BCUT2D eigenvalue weighted by Gasteiger charge is 2.32. The van der Waals surface area contributed by atoms with Crippen LogP contribution in [0.3, 0.4) is 0 Å². The second-order valence-corrected chi connectivity index (χ2v) is 5.45. The molecule has 100 valence electrons. The van der Waals surface area contributed by atoms with Crippen molar-refractivity contribution in [3.63, 3.8) is 0 Å². The standard InChI is InChI=1S/C12H17BrN2O3/c1-2-15-6-9(13)5-10(15)11(16)14-7-12(17)3-4-18-8-12/h5-6,17H,2-4,7-8H2,1H3,(H,14,16). The second-order valence-electron chi connectivity index (χ2n) is 4.54. The summed E-state index contributed by atoms with van der Waals surface area (Å²) in [7, 11) is 0. The number of aliphatic hydroxyl groups is 1. The van der Waals surface area contributed by atoms with Gasteiger partial charge in [0.05, 0.1) is 6.61 Å². The molecular formula is C12H17BrN2O3. The van der Waals surface area contributed by atoms with Gasteiger partial charge in [-0.15, -0.1) is 0 Å². The number of aryl methyl sites for hydroxylation is 1. The first-order valence-electron chi connectivity index (χ1n) is 5.98. The minimum atomic E-state index is -0.920. The van der Waals surface area contributed by atoms with Crippen molar-refractivity contribution in [1.82, 2.24) is 9.88 Å². The molecule has 0 bridgehead atoms. The second kappa shape index (κ2) is 5.42. The molecule has 1 unspecified atom stereocenters. The zero-order valence-electron chi connectivity index (χ0n) is 10.3. The van der Waals surface area contributed by atoms with E-state index in [9.17, 15) is 9.90 Å². The van der Waals surface area contributed by atoms with Crippen LogP contribution in [0.4, 0.5) is 0 Å². The van der Waals surface area contributed by atoms with Gasteiger partial charge in [0.2, 0.25) is 0 Å². The molecule has 5 nitrogen and oxygen atoms in total. The van der Waals surface area contributed by atoms with Gasteiger partial charge in [-0.1, -0.05) is 0 Å². The van der Waals surface area contributed by atoms with E-state index in [1.54, 1.807) is 6.07 Å². The lowest BCUT2D eigenvalue weighted by molar-refractivity contribution is 0.0263. The summed E-state index contributed by atoms with van der Waals surface area (Å²) in [6, 6.07) is 1.77. The van der Waals surface area contributed by atoms with Crippen molar-refractivity contribution in [3.8, 4) is 0 Å². The average molecular weight is 317 g/mol. The summed E-state index contributed by atoms with van der Waals surface area (Å²) in [5.41, 5.74) is -0.330. The maximum absolute atomic E-state index is 12.0. The first-order chi connectivity index (χ1) is 8.54. The van der Waals surface area contributed by atoms with E-state index in [1.807, 2.05) is 17.7 Å². The molecule has 1 atom stereocenters. The number of aromatic nitrogens is 1. The zero-order chi connectivity index (χ0) is 13.2. The van der Waals surface area contributed by atoms with Gasteiger partial charge in [0.1, 0.15) is 11.3 Å². The third kappa shape index (κ3) is 2.93. The zero-order valence-corrected chi connectivity index (χ0v) is 11.9. The molecule has 1 fully saturated rings. The Bertz CT molecular complexity index is 439. The minimum Gasteiger partial charge on any atom is -0.386 e. The monoisotopic (exact) mass is 316 g/mol. The molecule has 1 amide bonds. The van der Waals surface area contributed by atoms with Gasteiger partial charge in [0.15, 0.2) is 0 Å². The van der Waals surface area contributed by atoms with Crippen LogP contribution in [0.25, 0.3) is 0 Å². The smallest absolute Gasteiger partial charge is 0.268 e. The number of nitrogens with one attached hydrogen (secondary N) is 1. The summed E-state index contributed by atoms with van der Waals surface area (Å²) < 4.78 is 7.86. The lowest BCUT2D eigenvalue weighted by atomic mass is 10.0. The molecule has 1 saturated heterocycles. The molecule has 0 aromatic carbocycles. The molecule has 0 saturated carbocycles. The molecule has 1 aromatic heterocycles. The molecule has 18 heavy (non-hydrogen) atoms. The van der Waals surface area contributed by atoms with Crippen LogP contribution in [0.15, 0.2) is 16.7 Å². The van der Waals surface area contributed by atoms with E-state index < -0.39 is 5.60 Å². The van der Waals surface area contributed by atoms with Gasteiger partial charge in [-0.2, -0.15) is 0 Å². The van der Waals surface area contributed by atoms with Gasteiger partial charge >= 0.3 is 0 Å². The third-order valence-electron chi connectivity index (χ3n) is 3.10. The topological polar surface area (TPSA) is 63.5 Å². The molecule has 0 aliphatic carbocycles. The fourth-order valence-corrected chi connectivity index (χ4v) is 2.46. The van der Waals surface area contributed by atoms with Gasteiger partial charge in [-0.25, -0.2) is 0 Å². The maximum atomic E-state index is 12.0. The normalized spacial score (nSPS) is 23.3. The van der Waals surface area contributed by atoms with Crippen LogP contribution >= 0.6 is 15.9 Å². The van der Waals surface area contributed by atoms with E-state index in [-0.39, 0.29) is 19.1 Å². The first-order valence-corrected chi connectivity index (χ1v) is 6.77. The summed E-state index contributed by atoms with van der Waals surface area (Å²) in [5.74, 6) is -0.178. The van der Waals surface area contributed by atoms with Crippen molar-refractivity contribution in [3.05, 3.63) is 22.4 Å². The number of amides is 1. The highest BCUT2D eigenvalue weighted by atomic mass is 79.9. The lowest BCUT2D eigenvalue weighted by Gasteiger charge is -2.20. The van der Waals surface area contributed by atoms with Crippen molar-refractivity contribution >= 4 is 21.8 Å². The summed E-state index contributed by atoms with van der Waals surface area (Å²) in [5, 5.41) is 12.8. The van der Waals surface area contributed by atoms with Crippen molar-refractivity contribution in [2.24, 2.45) is 0 Å². The number of rotatable bonds is 4. The average Bonchev–Trinajstić information content (AvgIpc) is 2.93. The van der Waals surface area contributed by atoms with Gasteiger partial charge in [-0.3, -0.25) is 4.79 Å². The van der Waals surface area contributed by atoms with E-state index in [0.29, 0.717) is 18.7 Å². The Morgan fingerprint density at radius 3 is 3.11 bits per heavy atom. The van der Waals surface area contributed by atoms with Crippen molar-refractivity contribution in [1.29, 1.82) is 0 Å². The van der Waals surface area contributed by atoms with E-state index in [1.165, 1.54) is 0 Å². The van der Waals surface area contributed by atoms with Crippen molar-refractivity contribution < 1.29 is 14.6 Å². The van der Waals surface area contributed by atoms with Crippen molar-refractivity contribution in [2.45, 2.75) is 25.5 Å². The summed E-state index contributed by atoms with van der Waals surface area (Å²) in [4.78, 5) is 12.0. The Balaban J connectivity index is 1.99. The fourth-order valence-electron chi connectivity index (χ4n) is 2.00. The third-order valence-corrected chi connectivity index (χ3v) is 3.53. The first kappa shape index (κ1) is 13.6. The van der Waals surface area contributed by atoms with E-state index in [0.717, 1.165) is 11.0 Å². The highest BCUT2D eigenvalue weighted by molar-refractivity contribution is 9.10. The van der Waals surface area contributed by atoms with Gasteiger partial charge < -0.3 is 19.7 Å². The Labute approximate surface area is 114 Å². The number of hydrogen-bond acceptors (Lipinski definition) is 3. The summed E-state index contributed by atoms with van der Waals surface area (Å²) >= 11 is 3.35. The molecule has 2 rings (SSSR count). The lowest BCUT2D eigenvalue weighted by Crippen LogP contribution is -2.43. The van der Waals surface area contributed by atoms with Crippen LogP contribution in [0.5, 0.6) is 0 Å².